The van der Waals surface area contributed by atoms with Crippen molar-refractivity contribution in [3.05, 3.63) is 51.8 Å². The van der Waals surface area contributed by atoms with Gasteiger partial charge in [0.15, 0.2) is 0 Å². The van der Waals surface area contributed by atoms with Crippen molar-refractivity contribution >= 4 is 28.0 Å². The molecule has 11 nitrogen and oxygen atoms in total. The van der Waals surface area contributed by atoms with Gasteiger partial charge in [-0.3, -0.25) is 15.1 Å². The van der Waals surface area contributed by atoms with Crippen LogP contribution in [0, 0.1) is 17.0 Å². The van der Waals surface area contributed by atoms with E-state index < -0.39 is 37.2 Å². The molecule has 12 heteroatoms. The van der Waals surface area contributed by atoms with Crippen LogP contribution in [0.1, 0.15) is 16.1 Å². The number of hydrogen-bond donors (Lipinski definition) is 0. The van der Waals surface area contributed by atoms with E-state index in [2.05, 4.69) is 14.1 Å². The lowest BCUT2D eigenvalue weighted by Crippen LogP contribution is -2.12. The highest BCUT2D eigenvalue weighted by molar-refractivity contribution is 7.90. The molecular weight excluding hydrogens is 404 g/mol. The second-order valence-electron chi connectivity index (χ2n) is 5.97. The van der Waals surface area contributed by atoms with E-state index in [9.17, 15) is 23.3 Å². The molecule has 154 valence electrons. The maximum absolute atomic E-state index is 12.7. The minimum absolute atomic E-state index is 0.0672. The molecule has 0 aliphatic carbocycles. The van der Waals surface area contributed by atoms with E-state index in [1.165, 1.54) is 17.2 Å². The number of nitrogens with zero attached hydrogens (tertiary/aromatic N) is 4. The number of benzene rings is 1. The van der Waals surface area contributed by atoms with E-state index in [-0.39, 0.29) is 11.3 Å². The van der Waals surface area contributed by atoms with Crippen LogP contribution in [0.25, 0.3) is 0 Å². The Bertz CT molecular complexity index is 1060. The lowest BCUT2D eigenvalue weighted by atomic mass is 10.2. The van der Waals surface area contributed by atoms with Gasteiger partial charge in [0.25, 0.3) is 10.0 Å². The van der Waals surface area contributed by atoms with Gasteiger partial charge in [-0.25, -0.2) is 4.79 Å². The SMILES string of the molecule is COC(=O)c1cc([N+](=O)[O-])c(Oc2ccc(C)nc2)c(S(=O)(=O)N=CN(C)C)c1. The molecule has 0 fully saturated rings. The monoisotopic (exact) mass is 422 g/mol. The van der Waals surface area contributed by atoms with Gasteiger partial charge in [0.1, 0.15) is 17.0 Å². The number of methoxy groups -OCH3 is 1. The minimum atomic E-state index is -4.46. The third-order valence-corrected chi connectivity index (χ3v) is 4.68. The summed E-state index contributed by atoms with van der Waals surface area (Å²) >= 11 is 0. The van der Waals surface area contributed by atoms with Gasteiger partial charge in [-0.1, -0.05) is 0 Å². The number of carbonyl (C=O) groups excluding carboxylic acids is 1. The summed E-state index contributed by atoms with van der Waals surface area (Å²) in [6, 6.07) is 4.84. The van der Waals surface area contributed by atoms with Gasteiger partial charge in [0.05, 0.1) is 23.8 Å². The van der Waals surface area contributed by atoms with Gasteiger partial charge in [0, 0.05) is 25.9 Å². The summed E-state index contributed by atoms with van der Waals surface area (Å²) in [5.41, 5.74) is -0.421. The van der Waals surface area contributed by atoms with Gasteiger partial charge in [0.2, 0.25) is 5.75 Å². The average molecular weight is 422 g/mol. The summed E-state index contributed by atoms with van der Waals surface area (Å²) in [6.45, 7) is 1.73. The predicted octanol–water partition coefficient (Wildman–Crippen LogP) is 2.16. The highest BCUT2D eigenvalue weighted by atomic mass is 32.2. The summed E-state index contributed by atoms with van der Waals surface area (Å²) in [5.74, 6) is -1.48. The lowest BCUT2D eigenvalue weighted by molar-refractivity contribution is -0.385. The highest BCUT2D eigenvalue weighted by Gasteiger charge is 2.31. The van der Waals surface area contributed by atoms with E-state index in [1.807, 2.05) is 0 Å². The van der Waals surface area contributed by atoms with Crippen LogP contribution in [0.5, 0.6) is 11.5 Å². The normalized spacial score (nSPS) is 11.3. The fraction of sp³-hybridized carbons (Fsp3) is 0.235. The Balaban J connectivity index is 2.78. The molecule has 0 N–H and O–H groups in total. The summed E-state index contributed by atoms with van der Waals surface area (Å²) in [4.78, 5) is 27.3. The van der Waals surface area contributed by atoms with Crippen molar-refractivity contribution < 1.29 is 27.6 Å². The summed E-state index contributed by atoms with van der Waals surface area (Å²) in [7, 11) is -0.313. The number of sulfonamides is 1. The maximum Gasteiger partial charge on any atom is 0.338 e. The van der Waals surface area contributed by atoms with Crippen LogP contribution in [-0.4, -0.2) is 56.7 Å². The van der Waals surface area contributed by atoms with Gasteiger partial charge < -0.3 is 14.4 Å². The van der Waals surface area contributed by atoms with Crippen molar-refractivity contribution in [3.8, 4) is 11.5 Å². The molecule has 0 aliphatic rings. The number of ether oxygens (including phenoxy) is 2. The molecule has 1 aromatic heterocycles. The van der Waals surface area contributed by atoms with Crippen molar-refractivity contribution in [2.45, 2.75) is 11.8 Å². The van der Waals surface area contributed by atoms with Crippen LogP contribution in [-0.2, 0) is 14.8 Å². The molecule has 0 amide bonds. The largest absolute Gasteiger partial charge is 0.465 e. The lowest BCUT2D eigenvalue weighted by Gasteiger charge is -2.12. The molecule has 0 atom stereocenters. The molecule has 1 aromatic carbocycles. The number of aromatic nitrogens is 1. The Kier molecular flexibility index (Phi) is 6.49. The molecule has 2 aromatic rings. The van der Waals surface area contributed by atoms with Gasteiger partial charge in [-0.2, -0.15) is 8.42 Å². The number of hydrogen-bond acceptors (Lipinski definition) is 8. The molecule has 2 rings (SSSR count). The van der Waals surface area contributed by atoms with Crippen LogP contribution in [0.2, 0.25) is 0 Å². The maximum atomic E-state index is 12.7. The molecule has 0 unspecified atom stereocenters. The number of esters is 1. The summed E-state index contributed by atoms with van der Waals surface area (Å²) < 4.78 is 39.0. The van der Waals surface area contributed by atoms with E-state index in [0.29, 0.717) is 5.69 Å². The summed E-state index contributed by atoms with van der Waals surface area (Å²) in [5, 5.41) is 11.6. The molecular formula is C17H18N4O7S. The first-order valence-electron chi connectivity index (χ1n) is 8.03. The Morgan fingerprint density at radius 1 is 1.31 bits per heavy atom. The highest BCUT2D eigenvalue weighted by Crippen LogP contribution is 2.39. The predicted molar refractivity (Wildman–Crippen MR) is 103 cm³/mol. The minimum Gasteiger partial charge on any atom is -0.465 e. The first kappa shape index (κ1) is 21.8. The third kappa shape index (κ3) is 5.25. The number of rotatable bonds is 7. The second-order valence-corrected chi connectivity index (χ2v) is 7.57. The molecule has 0 saturated heterocycles. The van der Waals surface area contributed by atoms with Crippen LogP contribution >= 0.6 is 0 Å². The molecule has 0 radical (unpaired) electrons. The molecule has 0 aliphatic heterocycles. The Labute approximate surface area is 166 Å². The van der Waals surface area contributed by atoms with E-state index in [1.54, 1.807) is 27.1 Å². The molecule has 0 bridgehead atoms. The molecule has 1 heterocycles. The fourth-order valence-electron chi connectivity index (χ4n) is 2.10. The first-order chi connectivity index (χ1) is 13.5. The fourth-order valence-corrected chi connectivity index (χ4v) is 3.18. The smallest absolute Gasteiger partial charge is 0.338 e. The topological polar surface area (TPSA) is 141 Å². The number of nitro benzene ring substituents is 1. The van der Waals surface area contributed by atoms with Crippen LogP contribution in [0.15, 0.2) is 39.8 Å². The van der Waals surface area contributed by atoms with Gasteiger partial charge in [-0.05, 0) is 25.1 Å². The zero-order chi connectivity index (χ0) is 21.8. The first-order valence-corrected chi connectivity index (χ1v) is 9.47. The van der Waals surface area contributed by atoms with Crippen molar-refractivity contribution in [1.29, 1.82) is 0 Å². The quantitative estimate of drug-likeness (QED) is 0.216. The zero-order valence-electron chi connectivity index (χ0n) is 16.0. The van der Waals surface area contributed by atoms with E-state index in [0.717, 1.165) is 25.6 Å². The number of nitro groups is 1. The Hall–Kier alpha value is -3.54. The number of carbonyl (C=O) groups is 1. The summed E-state index contributed by atoms with van der Waals surface area (Å²) in [6.07, 6.45) is 2.29. The van der Waals surface area contributed by atoms with Gasteiger partial charge >= 0.3 is 11.7 Å². The third-order valence-electron chi connectivity index (χ3n) is 3.45. The number of aryl methyl sites for hydroxylation is 1. The van der Waals surface area contributed by atoms with Gasteiger partial charge in [-0.15, -0.1) is 4.40 Å². The van der Waals surface area contributed by atoms with Crippen LogP contribution in [0.4, 0.5) is 5.69 Å². The zero-order valence-corrected chi connectivity index (χ0v) is 16.8. The van der Waals surface area contributed by atoms with Crippen LogP contribution < -0.4 is 4.74 Å². The number of pyridine rings is 1. The van der Waals surface area contributed by atoms with Crippen molar-refractivity contribution in [2.75, 3.05) is 21.2 Å². The Morgan fingerprint density at radius 2 is 2.00 bits per heavy atom. The standard InChI is InChI=1S/C17H18N4O7S/c1-11-5-6-13(9-18-11)28-16-14(21(23)24)7-12(17(22)27-4)8-15(16)29(25,26)19-10-20(2)3/h5-10H,1-4H3. The van der Waals surface area contributed by atoms with E-state index in [4.69, 9.17) is 4.74 Å². The molecule has 29 heavy (non-hydrogen) atoms. The van der Waals surface area contributed by atoms with Crippen molar-refractivity contribution in [2.24, 2.45) is 4.40 Å². The average Bonchev–Trinajstić information content (AvgIpc) is 2.67. The molecule has 0 saturated carbocycles. The Morgan fingerprint density at radius 3 is 2.52 bits per heavy atom. The van der Waals surface area contributed by atoms with E-state index >= 15 is 0 Å². The second kappa shape index (κ2) is 8.65. The van der Waals surface area contributed by atoms with Crippen molar-refractivity contribution in [1.82, 2.24) is 9.88 Å². The van der Waals surface area contributed by atoms with Crippen molar-refractivity contribution in [3.63, 3.8) is 0 Å². The van der Waals surface area contributed by atoms with Crippen LogP contribution in [0.3, 0.4) is 0 Å². The molecule has 0 spiro atoms.